The summed E-state index contributed by atoms with van der Waals surface area (Å²) in [6, 6.07) is 7.98. The van der Waals surface area contributed by atoms with Crippen molar-refractivity contribution >= 4 is 17.5 Å². The molecule has 0 radical (unpaired) electrons. The second-order valence-corrected chi connectivity index (χ2v) is 7.21. The Bertz CT molecular complexity index is 741. The van der Waals surface area contributed by atoms with Crippen molar-refractivity contribution in [2.24, 2.45) is 0 Å². The molecular weight excluding hydrogens is 348 g/mol. The number of benzene rings is 1. The number of halogens is 1. The third-order valence-electron chi connectivity index (χ3n) is 5.07. The van der Waals surface area contributed by atoms with Gasteiger partial charge in [-0.15, -0.1) is 0 Å². The average Bonchev–Trinajstić information content (AvgIpc) is 3.27. The lowest BCUT2D eigenvalue weighted by Crippen LogP contribution is -2.40. The van der Waals surface area contributed by atoms with Gasteiger partial charge < -0.3 is 5.32 Å². The molecule has 1 amide bonds. The average molecular weight is 375 g/mol. The van der Waals surface area contributed by atoms with Crippen LogP contribution in [0.3, 0.4) is 0 Å². The lowest BCUT2D eigenvalue weighted by atomic mass is 10.1. The maximum atomic E-state index is 12.8. The highest BCUT2D eigenvalue weighted by Gasteiger charge is 2.24. The molecule has 26 heavy (non-hydrogen) atoms. The first-order valence-corrected chi connectivity index (χ1v) is 9.86. The van der Waals surface area contributed by atoms with E-state index in [2.05, 4.69) is 29.2 Å². The molecule has 3 rings (SSSR count). The molecular formula is C20H27ClN4O. The van der Waals surface area contributed by atoms with E-state index in [9.17, 15) is 4.79 Å². The van der Waals surface area contributed by atoms with E-state index >= 15 is 0 Å². The number of carbonyl (C=O) groups excluding carboxylic acids is 1. The molecule has 1 atom stereocenters. The highest BCUT2D eigenvalue weighted by Crippen LogP contribution is 2.20. The summed E-state index contributed by atoms with van der Waals surface area (Å²) >= 11 is 5.99. The van der Waals surface area contributed by atoms with Gasteiger partial charge >= 0.3 is 0 Å². The van der Waals surface area contributed by atoms with Crippen molar-refractivity contribution in [2.75, 3.05) is 19.6 Å². The highest BCUT2D eigenvalue weighted by atomic mass is 35.5. The highest BCUT2D eigenvalue weighted by molar-refractivity contribution is 6.30. The van der Waals surface area contributed by atoms with Gasteiger partial charge in [-0.1, -0.05) is 31.9 Å². The molecule has 2 heterocycles. The smallest absolute Gasteiger partial charge is 0.254 e. The molecule has 1 saturated heterocycles. The number of aromatic nitrogens is 2. The van der Waals surface area contributed by atoms with Crippen molar-refractivity contribution in [3.05, 3.63) is 46.7 Å². The molecule has 0 spiro atoms. The van der Waals surface area contributed by atoms with Gasteiger partial charge in [0.25, 0.3) is 5.91 Å². The number of amides is 1. The molecule has 5 nitrogen and oxygen atoms in total. The van der Waals surface area contributed by atoms with E-state index in [0.717, 1.165) is 43.7 Å². The first-order valence-electron chi connectivity index (χ1n) is 9.49. The molecule has 0 saturated carbocycles. The van der Waals surface area contributed by atoms with Gasteiger partial charge in [-0.3, -0.25) is 9.69 Å². The SMILES string of the molecule is CCCc1c(C(=O)NCC2CCCN2CC)cnn1-c1ccc(Cl)cc1. The van der Waals surface area contributed by atoms with Gasteiger partial charge in [0, 0.05) is 17.6 Å². The molecule has 1 aromatic carbocycles. The second kappa shape index (κ2) is 8.69. The first kappa shape index (κ1) is 18.9. The van der Waals surface area contributed by atoms with Crippen molar-refractivity contribution in [1.29, 1.82) is 0 Å². The Morgan fingerprint density at radius 3 is 2.77 bits per heavy atom. The number of rotatable bonds is 7. The fourth-order valence-electron chi connectivity index (χ4n) is 3.69. The summed E-state index contributed by atoms with van der Waals surface area (Å²) in [5.41, 5.74) is 2.54. The Kier molecular flexibility index (Phi) is 6.33. The molecule has 1 aliphatic heterocycles. The Morgan fingerprint density at radius 2 is 2.08 bits per heavy atom. The lowest BCUT2D eigenvalue weighted by molar-refractivity contribution is 0.0940. The predicted octanol–water partition coefficient (Wildman–Crippen LogP) is 3.69. The maximum Gasteiger partial charge on any atom is 0.254 e. The number of likely N-dealkylation sites (N-methyl/N-ethyl adjacent to an activating group) is 1. The van der Waals surface area contributed by atoms with Gasteiger partial charge in [-0.25, -0.2) is 4.68 Å². The molecule has 1 unspecified atom stereocenters. The van der Waals surface area contributed by atoms with Crippen molar-refractivity contribution < 1.29 is 4.79 Å². The first-order chi connectivity index (χ1) is 12.6. The Morgan fingerprint density at radius 1 is 1.31 bits per heavy atom. The predicted molar refractivity (Wildman–Crippen MR) is 105 cm³/mol. The van der Waals surface area contributed by atoms with E-state index in [-0.39, 0.29) is 5.91 Å². The van der Waals surface area contributed by atoms with E-state index in [1.807, 2.05) is 28.9 Å². The zero-order chi connectivity index (χ0) is 18.5. The molecule has 0 aliphatic carbocycles. The Balaban J connectivity index is 1.76. The quantitative estimate of drug-likeness (QED) is 0.804. The fourth-order valence-corrected chi connectivity index (χ4v) is 3.82. The summed E-state index contributed by atoms with van der Waals surface area (Å²) in [7, 11) is 0. The van der Waals surface area contributed by atoms with Gasteiger partial charge in [-0.2, -0.15) is 5.10 Å². The van der Waals surface area contributed by atoms with E-state index in [4.69, 9.17) is 11.6 Å². The van der Waals surface area contributed by atoms with Crippen molar-refractivity contribution in [1.82, 2.24) is 20.0 Å². The number of carbonyl (C=O) groups is 1. The van der Waals surface area contributed by atoms with Gasteiger partial charge in [0.05, 0.1) is 23.1 Å². The minimum absolute atomic E-state index is 0.0309. The number of hydrogen-bond donors (Lipinski definition) is 1. The van der Waals surface area contributed by atoms with Crippen LogP contribution in [-0.2, 0) is 6.42 Å². The second-order valence-electron chi connectivity index (χ2n) is 6.78. The summed E-state index contributed by atoms with van der Waals surface area (Å²) in [4.78, 5) is 15.2. The van der Waals surface area contributed by atoms with Crippen molar-refractivity contribution in [3.8, 4) is 5.69 Å². The van der Waals surface area contributed by atoms with Crippen molar-refractivity contribution in [2.45, 2.75) is 45.6 Å². The number of likely N-dealkylation sites (tertiary alicyclic amines) is 1. The summed E-state index contributed by atoms with van der Waals surface area (Å²) in [5, 5.41) is 8.28. The summed E-state index contributed by atoms with van der Waals surface area (Å²) in [6.07, 6.45) is 5.80. The van der Waals surface area contributed by atoms with Gasteiger partial charge in [0.2, 0.25) is 0 Å². The third-order valence-corrected chi connectivity index (χ3v) is 5.33. The van der Waals surface area contributed by atoms with Crippen LogP contribution in [0.25, 0.3) is 5.69 Å². The Hall–Kier alpha value is -1.85. The third kappa shape index (κ3) is 4.10. The van der Waals surface area contributed by atoms with E-state index in [1.54, 1.807) is 6.20 Å². The topological polar surface area (TPSA) is 50.2 Å². The van der Waals surface area contributed by atoms with Crippen molar-refractivity contribution in [3.63, 3.8) is 0 Å². The molecule has 1 aliphatic rings. The monoisotopic (exact) mass is 374 g/mol. The van der Waals surface area contributed by atoms with E-state index < -0.39 is 0 Å². The number of hydrogen-bond acceptors (Lipinski definition) is 3. The van der Waals surface area contributed by atoms with Crippen LogP contribution in [0.2, 0.25) is 5.02 Å². The molecule has 1 fully saturated rings. The van der Waals surface area contributed by atoms with Crippen LogP contribution < -0.4 is 5.32 Å². The molecule has 6 heteroatoms. The van der Waals surface area contributed by atoms with Crippen LogP contribution in [0.4, 0.5) is 0 Å². The van der Waals surface area contributed by atoms with Crippen LogP contribution in [0.5, 0.6) is 0 Å². The largest absolute Gasteiger partial charge is 0.350 e. The minimum Gasteiger partial charge on any atom is -0.350 e. The molecule has 1 aromatic heterocycles. The zero-order valence-corrected chi connectivity index (χ0v) is 16.3. The fraction of sp³-hybridized carbons (Fsp3) is 0.500. The van der Waals surface area contributed by atoms with Crippen LogP contribution in [0.1, 0.15) is 49.2 Å². The maximum absolute atomic E-state index is 12.8. The van der Waals surface area contributed by atoms with E-state index in [0.29, 0.717) is 23.2 Å². The molecule has 0 bridgehead atoms. The summed E-state index contributed by atoms with van der Waals surface area (Å²) in [5.74, 6) is -0.0309. The van der Waals surface area contributed by atoms with Gasteiger partial charge in [0.15, 0.2) is 0 Å². The van der Waals surface area contributed by atoms with Crippen LogP contribution in [0, 0.1) is 0 Å². The van der Waals surface area contributed by atoms with Crippen LogP contribution >= 0.6 is 11.6 Å². The Labute approximate surface area is 160 Å². The minimum atomic E-state index is -0.0309. The zero-order valence-electron chi connectivity index (χ0n) is 15.5. The lowest BCUT2D eigenvalue weighted by Gasteiger charge is -2.22. The van der Waals surface area contributed by atoms with Crippen LogP contribution in [0.15, 0.2) is 30.5 Å². The van der Waals surface area contributed by atoms with Gasteiger partial charge in [0.1, 0.15) is 0 Å². The van der Waals surface area contributed by atoms with E-state index in [1.165, 1.54) is 6.42 Å². The molecule has 2 aromatic rings. The molecule has 140 valence electrons. The standard InChI is InChI=1S/C20H27ClN4O/c1-3-6-19-18(14-23-25(19)16-10-8-15(21)9-11-16)20(26)22-13-17-7-5-12-24(17)4-2/h8-11,14,17H,3-7,12-13H2,1-2H3,(H,22,26). The van der Waals surface area contributed by atoms with Crippen LogP contribution in [-0.4, -0.2) is 46.3 Å². The van der Waals surface area contributed by atoms with Gasteiger partial charge in [-0.05, 0) is 56.6 Å². The summed E-state index contributed by atoms with van der Waals surface area (Å²) < 4.78 is 1.85. The summed E-state index contributed by atoms with van der Waals surface area (Å²) in [6.45, 7) is 7.15. The number of nitrogens with one attached hydrogen (secondary N) is 1. The molecule has 1 N–H and O–H groups in total. The normalized spacial score (nSPS) is 17.6. The number of nitrogens with zero attached hydrogens (tertiary/aromatic N) is 3.